The number of likely N-dealkylation sites (N-methyl/N-ethyl adjacent to an activating group) is 1. The lowest BCUT2D eigenvalue weighted by Crippen LogP contribution is -3.11. The molecule has 0 radical (unpaired) electrons. The van der Waals surface area contributed by atoms with Crippen molar-refractivity contribution in [1.82, 2.24) is 0 Å². The van der Waals surface area contributed by atoms with Crippen molar-refractivity contribution in [3.8, 4) is 17.2 Å². The molecule has 0 aliphatic carbocycles. The number of benzene rings is 1. The van der Waals surface area contributed by atoms with Crippen LogP contribution < -0.4 is 19.1 Å². The molecule has 0 saturated carbocycles. The van der Waals surface area contributed by atoms with Crippen molar-refractivity contribution < 1.29 is 24.0 Å². The van der Waals surface area contributed by atoms with Crippen LogP contribution in [-0.2, 0) is 6.42 Å². The first-order valence-electron chi connectivity index (χ1n) is 6.55. The molecule has 0 aromatic heterocycles. The number of ether oxygens (including phenoxy) is 3. The Morgan fingerprint density at radius 1 is 1.55 bits per heavy atom. The van der Waals surface area contributed by atoms with Crippen LogP contribution in [0.4, 0.5) is 0 Å². The van der Waals surface area contributed by atoms with Gasteiger partial charge in [0.2, 0.25) is 12.5 Å². The van der Waals surface area contributed by atoms with Gasteiger partial charge in [-0.05, 0) is 11.6 Å². The molecule has 20 heavy (non-hydrogen) atoms. The molecule has 1 unspecified atom stereocenters. The first-order valence-corrected chi connectivity index (χ1v) is 6.55. The van der Waals surface area contributed by atoms with E-state index in [9.17, 15) is 10.1 Å². The Hall–Kier alpha value is -2.02. The number of hydrogen-bond donors (Lipinski definition) is 1. The summed E-state index contributed by atoms with van der Waals surface area (Å²) in [5.74, 6) is 1.82. The lowest BCUT2D eigenvalue weighted by Gasteiger charge is -2.30. The summed E-state index contributed by atoms with van der Waals surface area (Å²) in [5.41, 5.74) is 1.95. The van der Waals surface area contributed by atoms with Crippen LogP contribution in [0.25, 0.3) is 0 Å². The number of hydrogen-bond acceptors (Lipinski definition) is 5. The Kier molecular flexibility index (Phi) is 3.13. The van der Waals surface area contributed by atoms with E-state index in [0.29, 0.717) is 17.2 Å². The Morgan fingerprint density at radius 3 is 3.05 bits per heavy atom. The van der Waals surface area contributed by atoms with Crippen LogP contribution in [0.2, 0.25) is 0 Å². The maximum absolute atomic E-state index is 11.0. The van der Waals surface area contributed by atoms with Crippen molar-refractivity contribution in [2.75, 3.05) is 34.0 Å². The second kappa shape index (κ2) is 4.82. The lowest BCUT2D eigenvalue weighted by atomic mass is 9.91. The fraction of sp³-hybridized carbons (Fsp3) is 0.538. The highest BCUT2D eigenvalue weighted by atomic mass is 16.7. The maximum atomic E-state index is 11.0. The van der Waals surface area contributed by atoms with Crippen molar-refractivity contribution in [1.29, 1.82) is 0 Å². The van der Waals surface area contributed by atoms with Gasteiger partial charge in [-0.2, -0.15) is 0 Å². The highest BCUT2D eigenvalue weighted by molar-refractivity contribution is 5.61. The maximum Gasteiger partial charge on any atom is 0.259 e. The van der Waals surface area contributed by atoms with Gasteiger partial charge < -0.3 is 19.1 Å². The summed E-state index contributed by atoms with van der Waals surface area (Å²) in [4.78, 5) is 11.8. The topological polar surface area (TPSA) is 75.3 Å². The number of fused-ring (bicyclic) bond motifs is 2. The fourth-order valence-corrected chi connectivity index (χ4v) is 3.02. The van der Waals surface area contributed by atoms with E-state index in [1.165, 1.54) is 0 Å². The van der Waals surface area contributed by atoms with Gasteiger partial charge in [0.25, 0.3) is 6.54 Å². The molecule has 0 fully saturated rings. The average molecular weight is 281 g/mol. The summed E-state index contributed by atoms with van der Waals surface area (Å²) in [5, 5.41) is 11.0. The number of nitrogens with zero attached hydrogens (tertiary/aromatic N) is 1. The van der Waals surface area contributed by atoms with Gasteiger partial charge in [0.05, 0.1) is 26.3 Å². The molecule has 108 valence electrons. The molecule has 0 saturated heterocycles. The van der Waals surface area contributed by atoms with Crippen LogP contribution in [-0.4, -0.2) is 39.0 Å². The molecular weight excluding hydrogens is 264 g/mol. The summed E-state index contributed by atoms with van der Waals surface area (Å²) >= 11 is 0. The second-order valence-electron chi connectivity index (χ2n) is 5.13. The molecule has 0 amide bonds. The van der Waals surface area contributed by atoms with Crippen LogP contribution in [0.5, 0.6) is 17.2 Å². The lowest BCUT2D eigenvalue weighted by molar-refractivity contribution is -0.922. The minimum Gasteiger partial charge on any atom is -0.492 e. The van der Waals surface area contributed by atoms with E-state index in [1.807, 2.05) is 13.1 Å². The van der Waals surface area contributed by atoms with E-state index >= 15 is 0 Å². The third-order valence-electron chi connectivity index (χ3n) is 4.01. The number of nitrogens with one attached hydrogen (secondary N) is 1. The van der Waals surface area contributed by atoms with E-state index < -0.39 is 0 Å². The Balaban J connectivity index is 2.14. The van der Waals surface area contributed by atoms with Gasteiger partial charge in [0.15, 0.2) is 17.5 Å². The van der Waals surface area contributed by atoms with Crippen molar-refractivity contribution in [2.24, 2.45) is 0 Å². The van der Waals surface area contributed by atoms with Crippen molar-refractivity contribution in [2.45, 2.75) is 12.5 Å². The molecule has 2 atom stereocenters. The summed E-state index contributed by atoms with van der Waals surface area (Å²) < 4.78 is 16.3. The van der Waals surface area contributed by atoms with Gasteiger partial charge in [-0.15, -0.1) is 0 Å². The monoisotopic (exact) mass is 281 g/mol. The highest BCUT2D eigenvalue weighted by Gasteiger charge is 2.39. The number of quaternary nitrogens is 1. The van der Waals surface area contributed by atoms with Crippen molar-refractivity contribution in [3.63, 3.8) is 0 Å². The molecule has 7 heteroatoms. The van der Waals surface area contributed by atoms with Gasteiger partial charge in [0.1, 0.15) is 0 Å². The van der Waals surface area contributed by atoms with Gasteiger partial charge in [-0.25, -0.2) is 0 Å². The summed E-state index contributed by atoms with van der Waals surface area (Å²) in [6, 6.07) is 1.71. The third-order valence-corrected chi connectivity index (χ3v) is 4.01. The number of rotatable bonds is 3. The van der Waals surface area contributed by atoms with Gasteiger partial charge in [-0.3, -0.25) is 10.1 Å². The van der Waals surface area contributed by atoms with Gasteiger partial charge >= 0.3 is 0 Å². The standard InChI is InChI=1S/C13H16N2O5/c1-14-4-3-8-5-10-12(20-7-19-10)13(18-2)11(8)9(14)6-15(16)17/h5,9H,3-4,6-7H2,1-2H3/p+1/t9-/m1/s1. The highest BCUT2D eigenvalue weighted by Crippen LogP contribution is 2.47. The summed E-state index contributed by atoms with van der Waals surface area (Å²) in [6.07, 6.45) is 0.850. The Morgan fingerprint density at radius 2 is 2.35 bits per heavy atom. The van der Waals surface area contributed by atoms with Crippen LogP contribution in [0.3, 0.4) is 0 Å². The number of methoxy groups -OCH3 is 1. The summed E-state index contributed by atoms with van der Waals surface area (Å²) in [7, 11) is 3.53. The SMILES string of the molecule is COc1c2c(cc3c1[C@@H](C[N+](=O)[O-])[NH+](C)CC3)OCO2. The fourth-order valence-electron chi connectivity index (χ4n) is 3.02. The average Bonchev–Trinajstić information content (AvgIpc) is 2.87. The third kappa shape index (κ3) is 1.94. The second-order valence-corrected chi connectivity index (χ2v) is 5.13. The molecule has 2 aliphatic rings. The predicted octanol–water partition coefficient (Wildman–Crippen LogP) is -0.187. The molecule has 2 aliphatic heterocycles. The minimum atomic E-state index is -0.271. The van der Waals surface area contributed by atoms with Crippen LogP contribution in [0.1, 0.15) is 17.2 Å². The molecular formula is C13H17N2O5+. The van der Waals surface area contributed by atoms with Crippen molar-refractivity contribution >= 4 is 0 Å². The zero-order valence-corrected chi connectivity index (χ0v) is 11.5. The number of nitro groups is 1. The summed E-state index contributed by atoms with van der Waals surface area (Å²) in [6.45, 7) is 0.903. The predicted molar refractivity (Wildman–Crippen MR) is 69.2 cm³/mol. The molecule has 3 rings (SSSR count). The van der Waals surface area contributed by atoms with E-state index in [-0.39, 0.29) is 24.3 Å². The molecule has 1 aromatic rings. The molecule has 1 aromatic carbocycles. The smallest absolute Gasteiger partial charge is 0.259 e. The van der Waals surface area contributed by atoms with E-state index in [1.54, 1.807) is 7.11 Å². The molecule has 1 N–H and O–H groups in total. The van der Waals surface area contributed by atoms with Crippen molar-refractivity contribution in [3.05, 3.63) is 27.3 Å². The van der Waals surface area contributed by atoms with E-state index in [4.69, 9.17) is 14.2 Å². The Labute approximate surface area is 116 Å². The first-order chi connectivity index (χ1) is 9.61. The zero-order chi connectivity index (χ0) is 14.3. The van der Waals surface area contributed by atoms with E-state index in [2.05, 4.69) is 0 Å². The van der Waals surface area contributed by atoms with Crippen LogP contribution >= 0.6 is 0 Å². The largest absolute Gasteiger partial charge is 0.492 e. The first kappa shape index (κ1) is 13.0. The van der Waals surface area contributed by atoms with Crippen LogP contribution in [0.15, 0.2) is 6.07 Å². The zero-order valence-electron chi connectivity index (χ0n) is 11.5. The van der Waals surface area contributed by atoms with Gasteiger partial charge in [-0.1, -0.05) is 0 Å². The quantitative estimate of drug-likeness (QED) is 0.614. The normalized spacial score (nSPS) is 23.3. The Bertz CT molecular complexity index is 560. The molecule has 2 heterocycles. The molecule has 0 bridgehead atoms. The molecule has 7 nitrogen and oxygen atoms in total. The van der Waals surface area contributed by atoms with Gasteiger partial charge in [0, 0.05) is 11.3 Å². The minimum absolute atomic E-state index is 0.116. The van der Waals surface area contributed by atoms with Crippen LogP contribution in [0, 0.1) is 10.1 Å². The van der Waals surface area contributed by atoms with E-state index in [0.717, 1.165) is 29.0 Å². The molecule has 0 spiro atoms.